The van der Waals surface area contributed by atoms with E-state index < -0.39 is 0 Å². The molecule has 5 nitrogen and oxygen atoms in total. The third-order valence-electron chi connectivity index (χ3n) is 2.56. The van der Waals surface area contributed by atoms with Gasteiger partial charge in [0.25, 0.3) is 0 Å². The van der Waals surface area contributed by atoms with E-state index >= 15 is 0 Å². The molecule has 0 aliphatic carbocycles. The Hall–Kier alpha value is -1.59. The Balaban J connectivity index is 2.13. The first-order valence-corrected chi connectivity index (χ1v) is 6.62. The first kappa shape index (κ1) is 13.8. The molecule has 2 aromatic rings. The number of hydrogen-bond acceptors (Lipinski definition) is 4. The molecule has 1 aromatic carbocycles. The number of benzene rings is 1. The van der Waals surface area contributed by atoms with Crippen LogP contribution in [0.4, 0.5) is 0 Å². The largest absolute Gasteiger partial charge is 0.487 e. The number of rotatable bonds is 4. The predicted molar refractivity (Wildman–Crippen MR) is 78.4 cm³/mol. The molecule has 0 aliphatic heterocycles. The highest BCUT2D eigenvalue weighted by Gasteiger charge is 2.07. The van der Waals surface area contributed by atoms with E-state index in [0.29, 0.717) is 5.69 Å². The van der Waals surface area contributed by atoms with E-state index in [9.17, 15) is 5.11 Å². The predicted octanol–water partition coefficient (Wildman–Crippen LogP) is 1.70. The van der Waals surface area contributed by atoms with Crippen molar-refractivity contribution in [1.82, 2.24) is 15.0 Å². The molecule has 2 rings (SSSR count). The van der Waals surface area contributed by atoms with Crippen LogP contribution in [0.25, 0.3) is 0 Å². The van der Waals surface area contributed by atoms with E-state index in [4.69, 9.17) is 11.2 Å². The number of hydrogen-bond donors (Lipinski definition) is 1. The molecule has 6 heteroatoms. The molecule has 0 aliphatic rings. The van der Waals surface area contributed by atoms with Gasteiger partial charge in [0.05, 0.1) is 12.8 Å². The van der Waals surface area contributed by atoms with Gasteiger partial charge in [-0.05, 0) is 52.8 Å². The van der Waals surface area contributed by atoms with Crippen LogP contribution in [0, 0.1) is 23.0 Å². The van der Waals surface area contributed by atoms with Crippen LogP contribution in [-0.2, 0) is 13.2 Å². The maximum atomic E-state index is 9.25. The summed E-state index contributed by atoms with van der Waals surface area (Å²) >= 11 is 2.19. The highest BCUT2D eigenvalue weighted by molar-refractivity contribution is 14.1. The van der Waals surface area contributed by atoms with E-state index in [1.165, 1.54) is 4.68 Å². The van der Waals surface area contributed by atoms with Crippen LogP contribution < -0.4 is 4.74 Å². The molecule has 0 atom stereocenters. The van der Waals surface area contributed by atoms with Gasteiger partial charge in [-0.2, -0.15) is 4.68 Å². The molecular weight excluding hydrogens is 357 g/mol. The zero-order valence-corrected chi connectivity index (χ0v) is 12.5. The van der Waals surface area contributed by atoms with Crippen LogP contribution in [0.3, 0.4) is 0 Å². The third-order valence-corrected chi connectivity index (χ3v) is 3.57. The SMILES string of the molecule is C#Cn1cc(COc2cc(CO)c(I)cc2C)nn1. The number of aliphatic hydroxyl groups excluding tert-OH is 1. The van der Waals surface area contributed by atoms with Crippen LogP contribution >= 0.6 is 22.6 Å². The number of halogens is 1. The van der Waals surface area contributed by atoms with Crippen molar-refractivity contribution < 1.29 is 9.84 Å². The van der Waals surface area contributed by atoms with Gasteiger partial charge in [0.2, 0.25) is 0 Å². The summed E-state index contributed by atoms with van der Waals surface area (Å²) < 4.78 is 7.99. The Morgan fingerprint density at radius 2 is 2.32 bits per heavy atom. The van der Waals surface area contributed by atoms with E-state index in [1.807, 2.05) is 19.1 Å². The number of aliphatic hydroxyl groups is 1. The first-order valence-electron chi connectivity index (χ1n) is 5.54. The standard InChI is InChI=1S/C13H12IN3O2/c1-3-17-6-11(15-16-17)8-19-13-5-10(7-18)12(14)4-9(13)2/h1,4-6,18H,7-8H2,2H3. The van der Waals surface area contributed by atoms with Gasteiger partial charge in [0.1, 0.15) is 18.1 Å². The molecule has 0 radical (unpaired) electrons. The summed E-state index contributed by atoms with van der Waals surface area (Å²) in [6.07, 6.45) is 6.82. The number of terminal acetylenes is 1. The number of ether oxygens (including phenoxy) is 1. The van der Waals surface area contributed by atoms with Crippen molar-refractivity contribution >= 4 is 22.6 Å². The molecule has 0 fully saturated rings. The molecule has 1 N–H and O–H groups in total. The molecule has 19 heavy (non-hydrogen) atoms. The van der Waals surface area contributed by atoms with Gasteiger partial charge in [0, 0.05) is 9.61 Å². The Bertz CT molecular complexity index is 631. The fourth-order valence-corrected chi connectivity index (χ4v) is 2.34. The van der Waals surface area contributed by atoms with Crippen molar-refractivity contribution in [3.8, 4) is 18.2 Å². The second-order valence-electron chi connectivity index (χ2n) is 3.94. The Kier molecular flexibility index (Phi) is 4.39. The van der Waals surface area contributed by atoms with Gasteiger partial charge in [-0.15, -0.1) is 5.10 Å². The van der Waals surface area contributed by atoms with Crippen molar-refractivity contribution in [2.24, 2.45) is 0 Å². The van der Waals surface area contributed by atoms with Crippen molar-refractivity contribution in [1.29, 1.82) is 0 Å². The number of aromatic nitrogens is 3. The summed E-state index contributed by atoms with van der Waals surface area (Å²) in [5.74, 6) is 0.722. The van der Waals surface area contributed by atoms with Gasteiger partial charge in [-0.3, -0.25) is 0 Å². The quantitative estimate of drug-likeness (QED) is 0.659. The maximum Gasteiger partial charge on any atom is 0.134 e. The summed E-state index contributed by atoms with van der Waals surface area (Å²) in [4.78, 5) is 0. The Morgan fingerprint density at radius 1 is 1.53 bits per heavy atom. The van der Waals surface area contributed by atoms with Gasteiger partial charge in [-0.25, -0.2) is 0 Å². The fourth-order valence-electron chi connectivity index (χ4n) is 1.55. The molecular formula is C13H12IN3O2. The molecule has 0 spiro atoms. The van der Waals surface area contributed by atoms with Gasteiger partial charge < -0.3 is 9.84 Å². The minimum atomic E-state index is -0.0117. The summed E-state index contributed by atoms with van der Waals surface area (Å²) in [6.45, 7) is 2.23. The maximum absolute atomic E-state index is 9.25. The van der Waals surface area contributed by atoms with Crippen LogP contribution in [-0.4, -0.2) is 20.1 Å². The van der Waals surface area contributed by atoms with Crippen LogP contribution in [0.2, 0.25) is 0 Å². The summed E-state index contributed by atoms with van der Waals surface area (Å²) in [5, 5.41) is 16.9. The van der Waals surface area contributed by atoms with Crippen molar-refractivity contribution in [2.45, 2.75) is 20.1 Å². The van der Waals surface area contributed by atoms with Crippen molar-refractivity contribution in [3.05, 3.63) is 38.7 Å². The minimum absolute atomic E-state index is 0.0117. The topological polar surface area (TPSA) is 60.2 Å². The van der Waals surface area contributed by atoms with Gasteiger partial charge in [0.15, 0.2) is 0 Å². The normalized spacial score (nSPS) is 10.2. The molecule has 1 heterocycles. The number of nitrogens with zero attached hydrogens (tertiary/aromatic N) is 3. The molecule has 0 saturated heterocycles. The average molecular weight is 369 g/mol. The van der Waals surface area contributed by atoms with Crippen LogP contribution in [0.1, 0.15) is 16.8 Å². The molecule has 0 unspecified atom stereocenters. The van der Waals surface area contributed by atoms with E-state index in [-0.39, 0.29) is 13.2 Å². The first-order chi connectivity index (χ1) is 9.13. The van der Waals surface area contributed by atoms with E-state index in [0.717, 1.165) is 20.4 Å². The third kappa shape index (κ3) is 3.24. The zero-order chi connectivity index (χ0) is 13.8. The van der Waals surface area contributed by atoms with Gasteiger partial charge >= 0.3 is 0 Å². The second-order valence-corrected chi connectivity index (χ2v) is 5.10. The summed E-state index contributed by atoms with van der Waals surface area (Å²) in [5.41, 5.74) is 2.50. The lowest BCUT2D eigenvalue weighted by molar-refractivity contribution is 0.276. The molecule has 0 saturated carbocycles. The Morgan fingerprint density at radius 3 is 2.95 bits per heavy atom. The lowest BCUT2D eigenvalue weighted by Crippen LogP contribution is -2.00. The van der Waals surface area contributed by atoms with E-state index in [1.54, 1.807) is 6.20 Å². The molecule has 98 valence electrons. The van der Waals surface area contributed by atoms with Crippen LogP contribution in [0.15, 0.2) is 18.3 Å². The summed E-state index contributed by atoms with van der Waals surface area (Å²) in [7, 11) is 0. The lowest BCUT2D eigenvalue weighted by Gasteiger charge is -2.10. The zero-order valence-electron chi connectivity index (χ0n) is 10.3. The van der Waals surface area contributed by atoms with Crippen molar-refractivity contribution in [3.63, 3.8) is 0 Å². The Labute approximate surface area is 124 Å². The monoisotopic (exact) mass is 369 g/mol. The molecule has 1 aromatic heterocycles. The fraction of sp³-hybridized carbons (Fsp3) is 0.231. The lowest BCUT2D eigenvalue weighted by atomic mass is 10.1. The van der Waals surface area contributed by atoms with Crippen molar-refractivity contribution in [2.75, 3.05) is 0 Å². The molecule has 0 amide bonds. The smallest absolute Gasteiger partial charge is 0.134 e. The highest BCUT2D eigenvalue weighted by atomic mass is 127. The minimum Gasteiger partial charge on any atom is -0.487 e. The average Bonchev–Trinajstić information content (AvgIpc) is 2.86. The van der Waals surface area contributed by atoms with Gasteiger partial charge in [-0.1, -0.05) is 11.6 Å². The van der Waals surface area contributed by atoms with E-state index in [2.05, 4.69) is 38.9 Å². The van der Waals surface area contributed by atoms with Crippen LogP contribution in [0.5, 0.6) is 5.75 Å². The highest BCUT2D eigenvalue weighted by Crippen LogP contribution is 2.25. The molecule has 0 bridgehead atoms. The second kappa shape index (κ2) is 6.04. The summed E-state index contributed by atoms with van der Waals surface area (Å²) in [6, 6.07) is 6.14. The number of aryl methyl sites for hydroxylation is 1.